The number of ketones is 1. The third-order valence-electron chi connectivity index (χ3n) is 2.17. The van der Waals surface area contributed by atoms with Crippen LogP contribution in [-0.4, -0.2) is 10.8 Å². The van der Waals surface area contributed by atoms with Crippen LogP contribution in [0.3, 0.4) is 0 Å². The van der Waals surface area contributed by atoms with Crippen molar-refractivity contribution >= 4 is 17.1 Å². The Kier molecular flexibility index (Phi) is 1.36. The molecule has 0 aliphatic heterocycles. The molecule has 0 spiro atoms. The normalized spacial score (nSPS) is 19.7. The summed E-state index contributed by atoms with van der Waals surface area (Å²) >= 11 is 1.44. The second kappa shape index (κ2) is 2.14. The Morgan fingerprint density at radius 2 is 2.45 bits per heavy atom. The zero-order valence-corrected chi connectivity index (χ0v) is 7.15. The van der Waals surface area contributed by atoms with Crippen LogP contribution < -0.4 is 0 Å². The van der Waals surface area contributed by atoms with Crippen LogP contribution in [-0.2, 0) is 0 Å². The van der Waals surface area contributed by atoms with E-state index < -0.39 is 0 Å². The molecule has 1 aliphatic carbocycles. The van der Waals surface area contributed by atoms with Gasteiger partial charge in [0.2, 0.25) is 0 Å². The highest BCUT2D eigenvalue weighted by Crippen LogP contribution is 2.47. The molecule has 2 nitrogen and oxygen atoms in total. The van der Waals surface area contributed by atoms with E-state index in [1.807, 2.05) is 12.3 Å². The SMILES string of the molecule is CC1(C(=O)c2nccs2)CC1. The molecular formula is C8H9NOS. The van der Waals surface area contributed by atoms with E-state index in [1.165, 1.54) is 11.3 Å². The summed E-state index contributed by atoms with van der Waals surface area (Å²) in [6.45, 7) is 2.01. The highest BCUT2D eigenvalue weighted by atomic mass is 32.1. The molecule has 1 heterocycles. The van der Waals surface area contributed by atoms with Crippen LogP contribution in [0.15, 0.2) is 11.6 Å². The quantitative estimate of drug-likeness (QED) is 0.631. The van der Waals surface area contributed by atoms with Crippen molar-refractivity contribution in [3.8, 4) is 0 Å². The average molecular weight is 167 g/mol. The standard InChI is InChI=1S/C8H9NOS/c1-8(2-3-8)6(10)7-9-4-5-11-7/h4-5H,2-3H2,1H3. The number of thiazole rings is 1. The topological polar surface area (TPSA) is 30.0 Å². The predicted molar refractivity (Wildman–Crippen MR) is 43.8 cm³/mol. The Morgan fingerprint density at radius 1 is 1.73 bits per heavy atom. The van der Waals surface area contributed by atoms with Gasteiger partial charge >= 0.3 is 0 Å². The highest BCUT2D eigenvalue weighted by molar-refractivity contribution is 7.11. The van der Waals surface area contributed by atoms with E-state index in [1.54, 1.807) is 6.20 Å². The van der Waals surface area contributed by atoms with Gasteiger partial charge in [0.05, 0.1) is 0 Å². The van der Waals surface area contributed by atoms with E-state index in [9.17, 15) is 4.79 Å². The lowest BCUT2D eigenvalue weighted by molar-refractivity contribution is 0.0912. The van der Waals surface area contributed by atoms with Crippen molar-refractivity contribution in [2.45, 2.75) is 19.8 Å². The highest BCUT2D eigenvalue weighted by Gasteiger charge is 2.45. The molecule has 1 aromatic rings. The van der Waals surface area contributed by atoms with Crippen LogP contribution in [0.5, 0.6) is 0 Å². The van der Waals surface area contributed by atoms with Gasteiger partial charge < -0.3 is 0 Å². The number of hydrogen-bond donors (Lipinski definition) is 0. The molecule has 0 aromatic carbocycles. The maximum Gasteiger partial charge on any atom is 0.197 e. The molecule has 1 aliphatic rings. The number of hydrogen-bond acceptors (Lipinski definition) is 3. The summed E-state index contributed by atoms with van der Waals surface area (Å²) in [5, 5.41) is 2.52. The van der Waals surface area contributed by atoms with Gasteiger partial charge in [0.15, 0.2) is 10.8 Å². The van der Waals surface area contributed by atoms with Gasteiger partial charge in [0.25, 0.3) is 0 Å². The van der Waals surface area contributed by atoms with E-state index in [0.717, 1.165) is 12.8 Å². The molecule has 1 saturated carbocycles. The molecule has 0 N–H and O–H groups in total. The first-order valence-electron chi connectivity index (χ1n) is 3.67. The maximum absolute atomic E-state index is 11.5. The smallest absolute Gasteiger partial charge is 0.197 e. The minimum absolute atomic E-state index is 0.0577. The zero-order chi connectivity index (χ0) is 7.90. The fraction of sp³-hybridized carbons (Fsp3) is 0.500. The fourth-order valence-electron chi connectivity index (χ4n) is 1.01. The molecule has 2 rings (SSSR count). The maximum atomic E-state index is 11.5. The summed E-state index contributed by atoms with van der Waals surface area (Å²) in [6, 6.07) is 0. The minimum Gasteiger partial charge on any atom is -0.291 e. The molecule has 0 radical (unpaired) electrons. The number of nitrogens with zero attached hydrogens (tertiary/aromatic N) is 1. The summed E-state index contributed by atoms with van der Waals surface area (Å²) in [4.78, 5) is 15.5. The molecule has 0 amide bonds. The third kappa shape index (κ3) is 1.09. The summed E-state index contributed by atoms with van der Waals surface area (Å²) in [5.74, 6) is 0.229. The van der Waals surface area contributed by atoms with Crippen molar-refractivity contribution < 1.29 is 4.79 Å². The van der Waals surface area contributed by atoms with E-state index in [4.69, 9.17) is 0 Å². The molecule has 1 aromatic heterocycles. The molecular weight excluding hydrogens is 158 g/mol. The Morgan fingerprint density at radius 3 is 2.91 bits per heavy atom. The van der Waals surface area contributed by atoms with Crippen LogP contribution in [0.25, 0.3) is 0 Å². The fourth-order valence-corrected chi connectivity index (χ4v) is 1.73. The zero-order valence-electron chi connectivity index (χ0n) is 6.33. The number of aromatic nitrogens is 1. The molecule has 0 atom stereocenters. The Bertz CT molecular complexity index is 274. The van der Waals surface area contributed by atoms with Gasteiger partial charge in [-0.1, -0.05) is 6.92 Å². The monoisotopic (exact) mass is 167 g/mol. The summed E-state index contributed by atoms with van der Waals surface area (Å²) in [7, 11) is 0. The van der Waals surface area contributed by atoms with Crippen molar-refractivity contribution in [1.29, 1.82) is 0 Å². The second-order valence-corrected chi connectivity index (χ2v) is 4.12. The van der Waals surface area contributed by atoms with Crippen molar-refractivity contribution in [3.63, 3.8) is 0 Å². The van der Waals surface area contributed by atoms with Gasteiger partial charge in [-0.25, -0.2) is 4.98 Å². The summed E-state index contributed by atoms with van der Waals surface area (Å²) < 4.78 is 0. The minimum atomic E-state index is -0.0577. The van der Waals surface area contributed by atoms with Gasteiger partial charge in [-0.3, -0.25) is 4.79 Å². The van der Waals surface area contributed by atoms with Gasteiger partial charge in [0, 0.05) is 17.0 Å². The third-order valence-corrected chi connectivity index (χ3v) is 2.95. The van der Waals surface area contributed by atoms with E-state index >= 15 is 0 Å². The number of rotatable bonds is 2. The van der Waals surface area contributed by atoms with E-state index in [0.29, 0.717) is 5.01 Å². The second-order valence-electron chi connectivity index (χ2n) is 3.23. The molecule has 1 fully saturated rings. The Hall–Kier alpha value is -0.700. The lowest BCUT2D eigenvalue weighted by Crippen LogP contribution is -2.10. The van der Waals surface area contributed by atoms with Gasteiger partial charge in [-0.2, -0.15) is 0 Å². The average Bonchev–Trinajstić information content (AvgIpc) is 2.54. The molecule has 0 saturated heterocycles. The lowest BCUT2D eigenvalue weighted by Gasteiger charge is -2.01. The predicted octanol–water partition coefficient (Wildman–Crippen LogP) is 2.13. The summed E-state index contributed by atoms with van der Waals surface area (Å²) in [5.41, 5.74) is -0.0577. The largest absolute Gasteiger partial charge is 0.291 e. The van der Waals surface area contributed by atoms with Crippen LogP contribution >= 0.6 is 11.3 Å². The van der Waals surface area contributed by atoms with Crippen molar-refractivity contribution in [2.75, 3.05) is 0 Å². The molecule has 11 heavy (non-hydrogen) atoms. The van der Waals surface area contributed by atoms with Crippen LogP contribution in [0.2, 0.25) is 0 Å². The molecule has 0 unspecified atom stereocenters. The molecule has 0 bridgehead atoms. The first-order valence-corrected chi connectivity index (χ1v) is 4.55. The van der Waals surface area contributed by atoms with E-state index in [-0.39, 0.29) is 11.2 Å². The van der Waals surface area contributed by atoms with Crippen molar-refractivity contribution in [2.24, 2.45) is 5.41 Å². The molecule has 3 heteroatoms. The summed E-state index contributed by atoms with van der Waals surface area (Å²) in [6.07, 6.45) is 3.75. The van der Waals surface area contributed by atoms with Crippen LogP contribution in [0.1, 0.15) is 29.6 Å². The van der Waals surface area contributed by atoms with Gasteiger partial charge in [-0.05, 0) is 12.8 Å². The first-order chi connectivity index (χ1) is 5.22. The Labute approximate surface area is 69.3 Å². The van der Waals surface area contributed by atoms with Gasteiger partial charge in [-0.15, -0.1) is 11.3 Å². The van der Waals surface area contributed by atoms with Crippen molar-refractivity contribution in [3.05, 3.63) is 16.6 Å². The van der Waals surface area contributed by atoms with Crippen LogP contribution in [0.4, 0.5) is 0 Å². The molecule has 58 valence electrons. The number of carbonyl (C=O) groups is 1. The number of Topliss-reactive ketones (excluding diaryl/α,β-unsaturated/α-hetero) is 1. The van der Waals surface area contributed by atoms with Gasteiger partial charge in [0.1, 0.15) is 0 Å². The number of carbonyl (C=O) groups excluding carboxylic acids is 1. The first kappa shape index (κ1) is 6.98. The van der Waals surface area contributed by atoms with Crippen LogP contribution in [0, 0.1) is 5.41 Å². The van der Waals surface area contributed by atoms with E-state index in [2.05, 4.69) is 4.98 Å². The lowest BCUT2D eigenvalue weighted by atomic mass is 10.1. The van der Waals surface area contributed by atoms with Crippen molar-refractivity contribution in [1.82, 2.24) is 4.98 Å². The Balaban J connectivity index is 2.24.